The molecular weight excluding hydrogens is 242 g/mol. The molecule has 0 saturated carbocycles. The van der Waals surface area contributed by atoms with E-state index in [1.807, 2.05) is 30.3 Å². The molecule has 0 radical (unpaired) electrons. The van der Waals surface area contributed by atoms with Crippen LogP contribution in [0.25, 0.3) is 10.9 Å². The van der Waals surface area contributed by atoms with E-state index in [2.05, 4.69) is 10.3 Å². The van der Waals surface area contributed by atoms with Gasteiger partial charge in [-0.1, -0.05) is 6.07 Å². The van der Waals surface area contributed by atoms with Crippen LogP contribution in [-0.2, 0) is 9.59 Å². The van der Waals surface area contributed by atoms with Gasteiger partial charge in [-0.05, 0) is 24.3 Å². The maximum absolute atomic E-state index is 12.1. The van der Waals surface area contributed by atoms with E-state index in [1.54, 1.807) is 11.1 Å². The number of amides is 2. The molecule has 3 rings (SSSR count). The van der Waals surface area contributed by atoms with Crippen molar-refractivity contribution < 1.29 is 9.59 Å². The Labute approximate surface area is 110 Å². The molecule has 96 valence electrons. The summed E-state index contributed by atoms with van der Waals surface area (Å²) in [4.78, 5) is 29.4. The molecule has 1 saturated heterocycles. The topological polar surface area (TPSA) is 62.3 Å². The summed E-state index contributed by atoms with van der Waals surface area (Å²) in [5.74, 6) is -0.184. The quantitative estimate of drug-likeness (QED) is 0.829. The molecule has 1 aliphatic rings. The van der Waals surface area contributed by atoms with Crippen molar-refractivity contribution in [3.63, 3.8) is 0 Å². The number of hydrogen-bond acceptors (Lipinski definition) is 3. The third-order valence-corrected chi connectivity index (χ3v) is 3.21. The molecule has 1 N–H and O–H groups in total. The lowest BCUT2D eigenvalue weighted by atomic mass is 10.1. The van der Waals surface area contributed by atoms with Crippen molar-refractivity contribution in [1.82, 2.24) is 10.3 Å². The van der Waals surface area contributed by atoms with Crippen LogP contribution < -0.4 is 10.2 Å². The summed E-state index contributed by atoms with van der Waals surface area (Å²) in [6.07, 6.45) is 2.05. The van der Waals surface area contributed by atoms with Gasteiger partial charge in [0.2, 0.25) is 11.8 Å². The van der Waals surface area contributed by atoms with Crippen molar-refractivity contribution in [2.45, 2.75) is 6.42 Å². The summed E-state index contributed by atoms with van der Waals surface area (Å²) in [6, 6.07) is 9.45. The van der Waals surface area contributed by atoms with Gasteiger partial charge in [0.1, 0.15) is 0 Å². The zero-order valence-electron chi connectivity index (χ0n) is 10.3. The Morgan fingerprint density at radius 2 is 2.05 bits per heavy atom. The second-order valence-corrected chi connectivity index (χ2v) is 4.42. The molecule has 2 amide bonds. The number of carbonyl (C=O) groups excluding carboxylic acids is 2. The van der Waals surface area contributed by atoms with Gasteiger partial charge in [-0.25, -0.2) is 0 Å². The second-order valence-electron chi connectivity index (χ2n) is 4.42. The van der Waals surface area contributed by atoms with Crippen LogP contribution in [0.15, 0.2) is 36.5 Å². The van der Waals surface area contributed by atoms with E-state index >= 15 is 0 Å². The minimum atomic E-state index is -0.0952. The highest BCUT2D eigenvalue weighted by atomic mass is 16.2. The smallest absolute Gasteiger partial charge is 0.246 e. The van der Waals surface area contributed by atoms with Crippen molar-refractivity contribution in [3.05, 3.63) is 36.5 Å². The molecule has 0 unspecified atom stereocenters. The van der Waals surface area contributed by atoms with Crippen LogP contribution in [0.2, 0.25) is 0 Å². The van der Waals surface area contributed by atoms with Gasteiger partial charge >= 0.3 is 0 Å². The third kappa shape index (κ3) is 2.14. The fourth-order valence-corrected chi connectivity index (χ4v) is 2.27. The van der Waals surface area contributed by atoms with Crippen LogP contribution in [0.3, 0.4) is 0 Å². The number of pyridine rings is 1. The van der Waals surface area contributed by atoms with Crippen molar-refractivity contribution in [3.8, 4) is 0 Å². The lowest BCUT2D eigenvalue weighted by molar-refractivity contribution is -0.123. The average molecular weight is 255 g/mol. The van der Waals surface area contributed by atoms with Crippen LogP contribution in [0.1, 0.15) is 6.42 Å². The fourth-order valence-electron chi connectivity index (χ4n) is 2.27. The lowest BCUT2D eigenvalue weighted by Gasteiger charge is -2.21. The van der Waals surface area contributed by atoms with E-state index in [0.717, 1.165) is 16.6 Å². The number of benzene rings is 1. The zero-order valence-corrected chi connectivity index (χ0v) is 10.3. The van der Waals surface area contributed by atoms with Crippen LogP contribution in [-0.4, -0.2) is 29.9 Å². The monoisotopic (exact) mass is 255 g/mol. The number of anilines is 1. The number of nitrogens with zero attached hydrogens (tertiary/aromatic N) is 2. The highest BCUT2D eigenvalue weighted by Gasteiger charge is 2.22. The van der Waals surface area contributed by atoms with Gasteiger partial charge in [0.05, 0.1) is 17.7 Å². The maximum atomic E-state index is 12.1. The van der Waals surface area contributed by atoms with Gasteiger partial charge in [0.25, 0.3) is 0 Å². The SMILES string of the molecule is O=C1CCN(c2cccc3ncccc23)C(=O)CN1. The highest BCUT2D eigenvalue weighted by Crippen LogP contribution is 2.26. The number of fused-ring (bicyclic) bond motifs is 1. The Hall–Kier alpha value is -2.43. The number of aromatic nitrogens is 1. The summed E-state index contributed by atoms with van der Waals surface area (Å²) < 4.78 is 0. The first-order valence-electron chi connectivity index (χ1n) is 6.16. The first kappa shape index (κ1) is 11.6. The van der Waals surface area contributed by atoms with Crippen LogP contribution in [0, 0.1) is 0 Å². The minimum absolute atomic E-state index is 0.0511. The minimum Gasteiger partial charge on any atom is -0.347 e. The summed E-state index contributed by atoms with van der Waals surface area (Å²) in [6.45, 7) is 0.453. The molecule has 1 fully saturated rings. The third-order valence-electron chi connectivity index (χ3n) is 3.21. The summed E-state index contributed by atoms with van der Waals surface area (Å²) in [7, 11) is 0. The van der Waals surface area contributed by atoms with E-state index in [-0.39, 0.29) is 18.4 Å². The fraction of sp³-hybridized carbons (Fsp3) is 0.214. The van der Waals surface area contributed by atoms with E-state index in [4.69, 9.17) is 0 Å². The Morgan fingerprint density at radius 3 is 2.95 bits per heavy atom. The Balaban J connectivity index is 2.08. The Bertz CT molecular complexity index is 649. The van der Waals surface area contributed by atoms with Crippen molar-refractivity contribution in [2.24, 2.45) is 0 Å². The van der Waals surface area contributed by atoms with E-state index in [1.165, 1.54) is 0 Å². The predicted octanol–water partition coefficient (Wildman–Crippen LogP) is 1.09. The number of carbonyl (C=O) groups is 2. The molecule has 2 aromatic rings. The maximum Gasteiger partial charge on any atom is 0.246 e. The molecule has 5 nitrogen and oxygen atoms in total. The van der Waals surface area contributed by atoms with Crippen LogP contribution in [0.5, 0.6) is 0 Å². The number of rotatable bonds is 1. The van der Waals surface area contributed by atoms with Crippen molar-refractivity contribution in [2.75, 3.05) is 18.0 Å². The van der Waals surface area contributed by atoms with Crippen LogP contribution in [0.4, 0.5) is 5.69 Å². The molecule has 1 aromatic carbocycles. The molecule has 19 heavy (non-hydrogen) atoms. The van der Waals surface area contributed by atoms with Gasteiger partial charge in [-0.3, -0.25) is 14.6 Å². The Kier molecular flexibility index (Phi) is 2.87. The van der Waals surface area contributed by atoms with Gasteiger partial charge < -0.3 is 10.2 Å². The van der Waals surface area contributed by atoms with Gasteiger partial charge in [0, 0.05) is 24.5 Å². The first-order valence-corrected chi connectivity index (χ1v) is 6.16. The zero-order chi connectivity index (χ0) is 13.2. The van der Waals surface area contributed by atoms with Crippen molar-refractivity contribution in [1.29, 1.82) is 0 Å². The summed E-state index contributed by atoms with van der Waals surface area (Å²) >= 11 is 0. The average Bonchev–Trinajstić information content (AvgIpc) is 2.61. The van der Waals surface area contributed by atoms with Crippen LogP contribution >= 0.6 is 0 Å². The molecular formula is C14H13N3O2. The predicted molar refractivity (Wildman–Crippen MR) is 71.7 cm³/mol. The Morgan fingerprint density at radius 1 is 1.16 bits per heavy atom. The molecule has 1 aliphatic heterocycles. The number of nitrogens with one attached hydrogen (secondary N) is 1. The molecule has 0 bridgehead atoms. The summed E-state index contributed by atoms with van der Waals surface area (Å²) in [5.41, 5.74) is 1.66. The number of hydrogen-bond donors (Lipinski definition) is 1. The van der Waals surface area contributed by atoms with E-state index in [9.17, 15) is 9.59 Å². The van der Waals surface area contributed by atoms with Crippen molar-refractivity contribution >= 4 is 28.4 Å². The largest absolute Gasteiger partial charge is 0.347 e. The standard InChI is InChI=1S/C14H13N3O2/c18-13-6-8-17(14(19)9-16-13)12-5-1-4-11-10(12)3-2-7-15-11/h1-5,7H,6,8-9H2,(H,16,18). The van der Waals surface area contributed by atoms with E-state index < -0.39 is 0 Å². The molecule has 5 heteroatoms. The molecule has 0 atom stereocenters. The molecule has 0 spiro atoms. The normalized spacial score (nSPS) is 16.3. The summed E-state index contributed by atoms with van der Waals surface area (Å²) in [5, 5.41) is 3.52. The van der Waals surface area contributed by atoms with E-state index in [0.29, 0.717) is 13.0 Å². The molecule has 2 heterocycles. The first-order chi connectivity index (χ1) is 9.25. The highest BCUT2D eigenvalue weighted by molar-refractivity contribution is 6.05. The molecule has 1 aromatic heterocycles. The molecule has 0 aliphatic carbocycles. The second kappa shape index (κ2) is 4.68. The van der Waals surface area contributed by atoms with Gasteiger partial charge in [0.15, 0.2) is 0 Å². The lowest BCUT2D eigenvalue weighted by Crippen LogP contribution is -2.35. The van der Waals surface area contributed by atoms with Gasteiger partial charge in [-0.2, -0.15) is 0 Å². The van der Waals surface area contributed by atoms with Gasteiger partial charge in [-0.15, -0.1) is 0 Å².